The number of hydrogen-bond donors (Lipinski definition) is 1. The van der Waals surface area contributed by atoms with Gasteiger partial charge in [-0.2, -0.15) is 5.10 Å². The van der Waals surface area contributed by atoms with E-state index in [-0.39, 0.29) is 5.91 Å². The van der Waals surface area contributed by atoms with E-state index < -0.39 is 0 Å². The lowest BCUT2D eigenvalue weighted by atomic mass is 10.2. The molecule has 0 aliphatic carbocycles. The fraction of sp³-hybridized carbons (Fsp3) is 0.222. The Hall–Kier alpha value is -1.79. The summed E-state index contributed by atoms with van der Waals surface area (Å²) in [6, 6.07) is 16.0. The minimum atomic E-state index is -0.101. The number of hydrogen-bond acceptors (Lipinski definition) is 4. The highest BCUT2D eigenvalue weighted by Gasteiger charge is 2.03. The number of carbonyl (C=O) groups is 1. The zero-order valence-electron chi connectivity index (χ0n) is 13.7. The van der Waals surface area contributed by atoms with Crippen molar-refractivity contribution in [2.45, 2.75) is 5.75 Å². The maximum atomic E-state index is 11.8. The van der Waals surface area contributed by atoms with Gasteiger partial charge in [0, 0.05) is 24.3 Å². The van der Waals surface area contributed by atoms with Crippen molar-refractivity contribution in [1.82, 2.24) is 5.43 Å². The molecule has 0 atom stereocenters. The molecule has 0 aliphatic rings. The number of nitrogens with one attached hydrogen (secondary N) is 1. The van der Waals surface area contributed by atoms with Gasteiger partial charge < -0.3 is 4.90 Å². The molecule has 4 nitrogen and oxygen atoms in total. The monoisotopic (exact) mass is 405 g/mol. The van der Waals surface area contributed by atoms with Crippen molar-refractivity contribution in [2.75, 3.05) is 24.7 Å². The average molecular weight is 406 g/mol. The lowest BCUT2D eigenvalue weighted by molar-refractivity contribution is -0.118. The molecule has 0 fully saturated rings. The molecule has 0 unspecified atom stereocenters. The molecular formula is C18H20BrN3OS. The normalized spacial score (nSPS) is 10.8. The summed E-state index contributed by atoms with van der Waals surface area (Å²) in [4.78, 5) is 13.8. The van der Waals surface area contributed by atoms with Crippen LogP contribution in [0.5, 0.6) is 0 Å². The van der Waals surface area contributed by atoms with Crippen LogP contribution in [0.25, 0.3) is 0 Å². The zero-order valence-corrected chi connectivity index (χ0v) is 16.1. The molecule has 0 spiro atoms. The first-order valence-electron chi connectivity index (χ1n) is 7.46. The van der Waals surface area contributed by atoms with Gasteiger partial charge in [0.15, 0.2) is 0 Å². The summed E-state index contributed by atoms with van der Waals surface area (Å²) >= 11 is 5.10. The number of thioether (sulfide) groups is 1. The van der Waals surface area contributed by atoms with Crippen molar-refractivity contribution in [1.29, 1.82) is 0 Å². The second-order valence-corrected chi connectivity index (χ2v) is 7.22. The van der Waals surface area contributed by atoms with Crippen LogP contribution in [-0.4, -0.2) is 32.0 Å². The van der Waals surface area contributed by atoms with Crippen molar-refractivity contribution in [3.05, 3.63) is 64.1 Å². The van der Waals surface area contributed by atoms with Gasteiger partial charge in [-0.1, -0.05) is 36.4 Å². The third-order valence-electron chi connectivity index (χ3n) is 3.20. The third kappa shape index (κ3) is 6.02. The Labute approximate surface area is 155 Å². The number of benzene rings is 2. The van der Waals surface area contributed by atoms with E-state index in [1.54, 1.807) is 18.0 Å². The van der Waals surface area contributed by atoms with Gasteiger partial charge in [0.05, 0.1) is 17.7 Å². The first-order valence-corrected chi connectivity index (χ1v) is 9.41. The fourth-order valence-electron chi connectivity index (χ4n) is 2.01. The van der Waals surface area contributed by atoms with Gasteiger partial charge in [-0.05, 0) is 39.2 Å². The molecule has 0 aliphatic heterocycles. The number of hydrazone groups is 1. The van der Waals surface area contributed by atoms with E-state index >= 15 is 0 Å². The van der Waals surface area contributed by atoms with Gasteiger partial charge >= 0.3 is 0 Å². The summed E-state index contributed by atoms with van der Waals surface area (Å²) in [6.07, 6.45) is 1.64. The van der Waals surface area contributed by atoms with Gasteiger partial charge in [0.25, 0.3) is 0 Å². The molecule has 2 aromatic carbocycles. The van der Waals surface area contributed by atoms with E-state index in [9.17, 15) is 4.79 Å². The molecule has 0 aromatic heterocycles. The first kappa shape index (κ1) is 18.5. The van der Waals surface area contributed by atoms with E-state index in [0.717, 1.165) is 21.5 Å². The predicted molar refractivity (Wildman–Crippen MR) is 107 cm³/mol. The molecule has 2 rings (SSSR count). The zero-order chi connectivity index (χ0) is 17.4. The van der Waals surface area contributed by atoms with Crippen molar-refractivity contribution < 1.29 is 4.79 Å². The number of halogens is 1. The Morgan fingerprint density at radius 3 is 2.67 bits per heavy atom. The Kier molecular flexibility index (Phi) is 7.34. The summed E-state index contributed by atoms with van der Waals surface area (Å²) in [5.74, 6) is 1.10. The standard InChI is InChI=1S/C18H20BrN3OS/c1-22(2)17-9-8-15(10-16(17)19)11-20-21-18(23)13-24-12-14-6-4-3-5-7-14/h3-11H,12-13H2,1-2H3,(H,21,23)/b20-11+. The Bertz CT molecular complexity index is 705. The van der Waals surface area contributed by atoms with Crippen molar-refractivity contribution in [3.63, 3.8) is 0 Å². The average Bonchev–Trinajstić information content (AvgIpc) is 2.55. The van der Waals surface area contributed by atoms with Crippen LogP contribution in [0.2, 0.25) is 0 Å². The first-order chi connectivity index (χ1) is 11.6. The topological polar surface area (TPSA) is 44.7 Å². The van der Waals surface area contributed by atoms with Crippen LogP contribution in [-0.2, 0) is 10.5 Å². The van der Waals surface area contributed by atoms with Gasteiger partial charge in [0.2, 0.25) is 5.91 Å². The summed E-state index contributed by atoms with van der Waals surface area (Å²) < 4.78 is 0.987. The molecule has 1 amide bonds. The van der Waals surface area contributed by atoms with Crippen molar-refractivity contribution in [3.8, 4) is 0 Å². The number of carbonyl (C=O) groups excluding carboxylic acids is 1. The molecule has 0 saturated carbocycles. The molecule has 126 valence electrons. The lowest BCUT2D eigenvalue weighted by Gasteiger charge is -2.14. The lowest BCUT2D eigenvalue weighted by Crippen LogP contribution is -2.19. The maximum absolute atomic E-state index is 11.8. The van der Waals surface area contributed by atoms with E-state index in [4.69, 9.17) is 0 Å². The Morgan fingerprint density at radius 1 is 1.25 bits per heavy atom. The van der Waals surface area contributed by atoms with E-state index in [0.29, 0.717) is 5.75 Å². The van der Waals surface area contributed by atoms with Crippen LogP contribution < -0.4 is 10.3 Å². The molecule has 0 bridgehead atoms. The molecular weight excluding hydrogens is 386 g/mol. The Morgan fingerprint density at radius 2 is 2.00 bits per heavy atom. The summed E-state index contributed by atoms with van der Waals surface area (Å²) in [7, 11) is 3.97. The number of rotatable bonds is 7. The van der Waals surface area contributed by atoms with Crippen LogP contribution in [0.3, 0.4) is 0 Å². The molecule has 0 radical (unpaired) electrons. The summed E-state index contributed by atoms with van der Waals surface area (Å²) in [6.45, 7) is 0. The fourth-order valence-corrected chi connectivity index (χ4v) is 3.54. The van der Waals surface area contributed by atoms with Crippen LogP contribution in [0.4, 0.5) is 5.69 Å². The SMILES string of the molecule is CN(C)c1ccc(/C=N/NC(=O)CSCc2ccccc2)cc1Br. The predicted octanol–water partition coefficient (Wildman–Crippen LogP) is 3.90. The van der Waals surface area contributed by atoms with Gasteiger partial charge in [-0.3, -0.25) is 4.79 Å². The number of nitrogens with zero attached hydrogens (tertiary/aromatic N) is 2. The van der Waals surface area contributed by atoms with Crippen LogP contribution in [0, 0.1) is 0 Å². The van der Waals surface area contributed by atoms with Gasteiger partial charge in [-0.15, -0.1) is 11.8 Å². The molecule has 0 saturated heterocycles. The summed E-state index contributed by atoms with van der Waals surface area (Å²) in [5.41, 5.74) is 5.78. The van der Waals surface area contributed by atoms with Gasteiger partial charge in [-0.25, -0.2) is 5.43 Å². The maximum Gasteiger partial charge on any atom is 0.250 e. The molecule has 0 heterocycles. The quantitative estimate of drug-likeness (QED) is 0.561. The molecule has 6 heteroatoms. The number of anilines is 1. The van der Waals surface area contributed by atoms with Crippen LogP contribution in [0.1, 0.15) is 11.1 Å². The second-order valence-electron chi connectivity index (χ2n) is 5.38. The third-order valence-corrected chi connectivity index (χ3v) is 4.84. The highest BCUT2D eigenvalue weighted by Crippen LogP contribution is 2.25. The second kappa shape index (κ2) is 9.49. The van der Waals surface area contributed by atoms with Crippen LogP contribution >= 0.6 is 27.7 Å². The molecule has 1 N–H and O–H groups in total. The smallest absolute Gasteiger partial charge is 0.250 e. The van der Waals surface area contributed by atoms with Crippen molar-refractivity contribution >= 4 is 45.5 Å². The molecule has 2 aromatic rings. The van der Waals surface area contributed by atoms with Crippen LogP contribution in [0.15, 0.2) is 58.1 Å². The minimum absolute atomic E-state index is 0.101. The van der Waals surface area contributed by atoms with Crippen molar-refractivity contribution in [2.24, 2.45) is 5.10 Å². The van der Waals surface area contributed by atoms with E-state index in [1.165, 1.54) is 5.56 Å². The Balaban J connectivity index is 1.77. The minimum Gasteiger partial charge on any atom is -0.377 e. The summed E-state index contributed by atoms with van der Waals surface area (Å²) in [5, 5.41) is 4.01. The van der Waals surface area contributed by atoms with E-state index in [2.05, 4.69) is 38.6 Å². The highest BCUT2D eigenvalue weighted by atomic mass is 79.9. The number of amides is 1. The highest BCUT2D eigenvalue weighted by molar-refractivity contribution is 9.10. The largest absolute Gasteiger partial charge is 0.377 e. The van der Waals surface area contributed by atoms with Gasteiger partial charge in [0.1, 0.15) is 0 Å². The molecule has 24 heavy (non-hydrogen) atoms. The van der Waals surface area contributed by atoms with E-state index in [1.807, 2.05) is 55.4 Å².